The topological polar surface area (TPSA) is 90.1 Å². The average molecular weight is 244 g/mol. The Kier molecular flexibility index (Phi) is 3.38. The summed E-state index contributed by atoms with van der Waals surface area (Å²) in [6.45, 7) is 0. The molecule has 0 aliphatic carbocycles. The van der Waals surface area contributed by atoms with Gasteiger partial charge in [-0.3, -0.25) is 4.79 Å². The second-order valence-electron chi connectivity index (χ2n) is 3.51. The quantitative estimate of drug-likeness (QED) is 0.849. The van der Waals surface area contributed by atoms with Crippen molar-refractivity contribution in [3.8, 4) is 5.88 Å². The molecule has 0 bridgehead atoms. The number of ether oxygens (including phenoxy) is 1. The van der Waals surface area contributed by atoms with Gasteiger partial charge in [-0.2, -0.15) is 0 Å². The molecule has 1 aromatic carbocycles. The fourth-order valence-electron chi connectivity index (χ4n) is 1.35. The average Bonchev–Trinajstić information content (AvgIpc) is 2.42. The van der Waals surface area contributed by atoms with Gasteiger partial charge in [-0.05, 0) is 12.1 Å². The highest BCUT2D eigenvalue weighted by Crippen LogP contribution is 2.18. The first-order chi connectivity index (χ1) is 8.70. The van der Waals surface area contributed by atoms with E-state index in [0.717, 1.165) is 0 Å². The lowest BCUT2D eigenvalue weighted by Gasteiger charge is -2.07. The molecule has 2 aromatic rings. The molecule has 0 atom stereocenters. The number of methoxy groups -OCH3 is 1. The molecule has 2 rings (SSSR count). The van der Waals surface area contributed by atoms with Gasteiger partial charge in [0.15, 0.2) is 5.82 Å². The van der Waals surface area contributed by atoms with Gasteiger partial charge >= 0.3 is 0 Å². The first-order valence-corrected chi connectivity index (χ1v) is 5.24. The van der Waals surface area contributed by atoms with Gasteiger partial charge in [-0.1, -0.05) is 18.2 Å². The lowest BCUT2D eigenvalue weighted by molar-refractivity contribution is 0.102. The molecule has 6 heteroatoms. The molecular weight excluding hydrogens is 232 g/mol. The predicted octanol–water partition coefficient (Wildman–Crippen LogP) is 1.32. The number of anilines is 2. The van der Waals surface area contributed by atoms with E-state index in [4.69, 9.17) is 10.5 Å². The van der Waals surface area contributed by atoms with Crippen LogP contribution in [0.3, 0.4) is 0 Å². The van der Waals surface area contributed by atoms with Crippen LogP contribution in [-0.2, 0) is 0 Å². The summed E-state index contributed by atoms with van der Waals surface area (Å²) in [5, 5.41) is 10.1. The Morgan fingerprint density at radius 1 is 1.28 bits per heavy atom. The zero-order valence-corrected chi connectivity index (χ0v) is 9.75. The lowest BCUT2D eigenvalue weighted by Crippen LogP contribution is -2.15. The summed E-state index contributed by atoms with van der Waals surface area (Å²) >= 11 is 0. The third-order valence-electron chi connectivity index (χ3n) is 2.28. The molecule has 0 unspecified atom stereocenters. The van der Waals surface area contributed by atoms with Gasteiger partial charge < -0.3 is 15.8 Å². The Bertz CT molecular complexity index is 557. The van der Waals surface area contributed by atoms with Crippen molar-refractivity contribution in [1.29, 1.82) is 0 Å². The Labute approximate surface area is 104 Å². The van der Waals surface area contributed by atoms with Crippen LogP contribution in [0.4, 0.5) is 11.5 Å². The highest BCUT2D eigenvalue weighted by Gasteiger charge is 2.10. The second-order valence-corrected chi connectivity index (χ2v) is 3.51. The number of benzene rings is 1. The van der Waals surface area contributed by atoms with Gasteiger partial charge in [0.25, 0.3) is 5.91 Å². The Morgan fingerprint density at radius 2 is 2.00 bits per heavy atom. The maximum atomic E-state index is 11.9. The van der Waals surface area contributed by atoms with Gasteiger partial charge in [0.2, 0.25) is 5.88 Å². The van der Waals surface area contributed by atoms with Crippen molar-refractivity contribution in [2.24, 2.45) is 0 Å². The zero-order valence-electron chi connectivity index (χ0n) is 9.75. The number of hydrogen-bond acceptors (Lipinski definition) is 5. The van der Waals surface area contributed by atoms with E-state index < -0.39 is 0 Å². The molecule has 0 aliphatic rings. The number of amides is 1. The molecule has 0 spiro atoms. The molecule has 1 amide bonds. The van der Waals surface area contributed by atoms with E-state index in [-0.39, 0.29) is 11.7 Å². The molecule has 1 aromatic heterocycles. The third-order valence-corrected chi connectivity index (χ3v) is 2.28. The summed E-state index contributed by atoms with van der Waals surface area (Å²) in [5.74, 6) is 0.219. The van der Waals surface area contributed by atoms with Crippen molar-refractivity contribution in [2.75, 3.05) is 18.2 Å². The van der Waals surface area contributed by atoms with Crippen molar-refractivity contribution in [1.82, 2.24) is 10.2 Å². The molecular formula is C12H12N4O2. The van der Waals surface area contributed by atoms with Crippen LogP contribution in [0, 0.1) is 0 Å². The largest absolute Gasteiger partial charge is 0.480 e. The number of nitrogens with one attached hydrogen (secondary N) is 1. The van der Waals surface area contributed by atoms with Gasteiger partial charge in [0.05, 0.1) is 12.8 Å². The van der Waals surface area contributed by atoms with Crippen LogP contribution in [0.1, 0.15) is 10.4 Å². The van der Waals surface area contributed by atoms with E-state index in [1.165, 1.54) is 13.2 Å². The van der Waals surface area contributed by atoms with Gasteiger partial charge in [0.1, 0.15) is 0 Å². The molecule has 18 heavy (non-hydrogen) atoms. The molecule has 0 aliphatic heterocycles. The molecule has 92 valence electrons. The number of carbonyl (C=O) groups is 1. The Hall–Kier alpha value is -2.63. The second kappa shape index (κ2) is 5.13. The Morgan fingerprint density at radius 3 is 2.61 bits per heavy atom. The predicted molar refractivity (Wildman–Crippen MR) is 67.4 cm³/mol. The number of rotatable bonds is 3. The number of aromatic nitrogens is 2. The standard InChI is InChI=1S/C12H12N4O2/c1-18-10-7-9(13)11(16-15-10)14-12(17)8-5-3-2-4-6-8/h2-7H,1H3,(H2,13,15)(H,14,16,17). The van der Waals surface area contributed by atoms with Crippen LogP contribution in [0.25, 0.3) is 0 Å². The third kappa shape index (κ3) is 2.54. The summed E-state index contributed by atoms with van der Waals surface area (Å²) in [5.41, 5.74) is 6.55. The van der Waals surface area contributed by atoms with E-state index in [1.54, 1.807) is 24.3 Å². The molecule has 1 heterocycles. The van der Waals surface area contributed by atoms with Crippen LogP contribution in [0.15, 0.2) is 36.4 Å². The summed E-state index contributed by atoms with van der Waals surface area (Å²) in [6.07, 6.45) is 0. The molecule has 3 N–H and O–H groups in total. The Balaban J connectivity index is 2.17. The lowest BCUT2D eigenvalue weighted by atomic mass is 10.2. The number of nitrogen functional groups attached to an aromatic ring is 1. The van der Waals surface area contributed by atoms with Crippen molar-refractivity contribution >= 4 is 17.4 Å². The van der Waals surface area contributed by atoms with E-state index in [0.29, 0.717) is 17.1 Å². The molecule has 0 fully saturated rings. The van der Waals surface area contributed by atoms with Crippen LogP contribution in [0.2, 0.25) is 0 Å². The molecule has 6 nitrogen and oxygen atoms in total. The normalized spacial score (nSPS) is 9.83. The van der Waals surface area contributed by atoms with Gasteiger partial charge in [-0.25, -0.2) is 0 Å². The summed E-state index contributed by atoms with van der Waals surface area (Å²) in [4.78, 5) is 11.9. The highest BCUT2D eigenvalue weighted by atomic mass is 16.5. The zero-order chi connectivity index (χ0) is 13.0. The smallest absolute Gasteiger partial charge is 0.256 e. The fourth-order valence-corrected chi connectivity index (χ4v) is 1.35. The maximum Gasteiger partial charge on any atom is 0.256 e. The highest BCUT2D eigenvalue weighted by molar-refractivity contribution is 6.04. The first-order valence-electron chi connectivity index (χ1n) is 5.24. The number of nitrogens with two attached hydrogens (primary N) is 1. The summed E-state index contributed by atoms with van der Waals surface area (Å²) in [7, 11) is 1.46. The maximum absolute atomic E-state index is 11.9. The van der Waals surface area contributed by atoms with Crippen LogP contribution >= 0.6 is 0 Å². The van der Waals surface area contributed by atoms with Crippen LogP contribution in [0.5, 0.6) is 5.88 Å². The van der Waals surface area contributed by atoms with Crippen LogP contribution in [-0.4, -0.2) is 23.2 Å². The molecule has 0 saturated heterocycles. The van der Waals surface area contributed by atoms with Crippen molar-refractivity contribution in [3.63, 3.8) is 0 Å². The minimum absolute atomic E-state index is 0.213. The van der Waals surface area contributed by atoms with Crippen molar-refractivity contribution < 1.29 is 9.53 Å². The van der Waals surface area contributed by atoms with E-state index in [9.17, 15) is 4.79 Å². The van der Waals surface area contributed by atoms with Gasteiger partial charge in [0, 0.05) is 11.6 Å². The minimum atomic E-state index is -0.290. The van der Waals surface area contributed by atoms with E-state index in [1.807, 2.05) is 6.07 Å². The first kappa shape index (κ1) is 11.8. The summed E-state index contributed by atoms with van der Waals surface area (Å²) in [6, 6.07) is 10.3. The molecule has 0 radical (unpaired) electrons. The minimum Gasteiger partial charge on any atom is -0.480 e. The number of hydrogen-bond donors (Lipinski definition) is 2. The monoisotopic (exact) mass is 244 g/mol. The number of nitrogens with zero attached hydrogens (tertiary/aromatic N) is 2. The van der Waals surface area contributed by atoms with E-state index >= 15 is 0 Å². The number of carbonyl (C=O) groups excluding carboxylic acids is 1. The van der Waals surface area contributed by atoms with Gasteiger partial charge in [-0.15, -0.1) is 10.2 Å². The SMILES string of the molecule is COc1cc(N)c(NC(=O)c2ccccc2)nn1. The van der Waals surface area contributed by atoms with Crippen molar-refractivity contribution in [3.05, 3.63) is 42.0 Å². The summed E-state index contributed by atoms with van der Waals surface area (Å²) < 4.78 is 4.87. The molecule has 0 saturated carbocycles. The van der Waals surface area contributed by atoms with Crippen LogP contribution < -0.4 is 15.8 Å². The van der Waals surface area contributed by atoms with E-state index in [2.05, 4.69) is 15.5 Å². The van der Waals surface area contributed by atoms with Crippen molar-refractivity contribution in [2.45, 2.75) is 0 Å². The fraction of sp³-hybridized carbons (Fsp3) is 0.0833.